The van der Waals surface area contributed by atoms with Crippen LogP contribution in [0.5, 0.6) is 0 Å². The van der Waals surface area contributed by atoms with Crippen LogP contribution in [-0.2, 0) is 6.54 Å². The van der Waals surface area contributed by atoms with Crippen LogP contribution in [0.2, 0.25) is 5.02 Å². The standard InChI is InChI=1S/C21H20ClN3O4/c1-4-13(15-8-5-10(2)29-15)23-17-18(20(27)19(17)26)24-14-7-6-12(22)11-9-25(3)21(28)16(11)14/h5-8,13,23-24H,4,9H2,1-3H3/t13-/m1/s1/i13D. The Morgan fingerprint density at radius 1 is 1.21 bits per heavy atom. The molecule has 1 aliphatic rings. The van der Waals surface area contributed by atoms with Gasteiger partial charge in [-0.2, -0.15) is 0 Å². The van der Waals surface area contributed by atoms with Gasteiger partial charge < -0.3 is 20.0 Å². The molecule has 0 aliphatic carbocycles. The number of halogens is 1. The Morgan fingerprint density at radius 2 is 1.93 bits per heavy atom. The van der Waals surface area contributed by atoms with E-state index >= 15 is 0 Å². The van der Waals surface area contributed by atoms with Crippen LogP contribution in [0.4, 0.5) is 17.1 Å². The second kappa shape index (κ2) is 7.08. The Balaban J connectivity index is 1.71. The van der Waals surface area contributed by atoms with Crippen molar-refractivity contribution in [1.82, 2.24) is 4.90 Å². The Hall–Kier alpha value is -3.06. The Kier molecular flexibility index (Phi) is 4.39. The third-order valence-corrected chi connectivity index (χ3v) is 5.40. The molecule has 4 rings (SSSR count). The number of amides is 1. The summed E-state index contributed by atoms with van der Waals surface area (Å²) in [5.74, 6) is 0.753. The lowest BCUT2D eigenvalue weighted by Crippen LogP contribution is -2.37. The summed E-state index contributed by atoms with van der Waals surface area (Å²) >= 11 is 6.23. The minimum Gasteiger partial charge on any atom is -0.464 e. The number of carbonyl (C=O) groups excluding carboxylic acids is 1. The van der Waals surface area contributed by atoms with Gasteiger partial charge in [0.15, 0.2) is 0 Å². The van der Waals surface area contributed by atoms with E-state index in [0.717, 1.165) is 0 Å². The number of hydrogen-bond donors (Lipinski definition) is 2. The van der Waals surface area contributed by atoms with Crippen LogP contribution in [0.25, 0.3) is 0 Å². The summed E-state index contributed by atoms with van der Waals surface area (Å²) in [7, 11) is 1.66. The van der Waals surface area contributed by atoms with Crippen LogP contribution in [0.3, 0.4) is 0 Å². The van der Waals surface area contributed by atoms with Gasteiger partial charge >= 0.3 is 0 Å². The minimum absolute atomic E-state index is 0.00611. The van der Waals surface area contributed by atoms with Crippen molar-refractivity contribution in [1.29, 1.82) is 0 Å². The largest absolute Gasteiger partial charge is 0.464 e. The number of fused-ring (bicyclic) bond motifs is 1. The van der Waals surface area contributed by atoms with Gasteiger partial charge in [-0.3, -0.25) is 14.4 Å². The fourth-order valence-corrected chi connectivity index (χ4v) is 3.68. The van der Waals surface area contributed by atoms with E-state index in [1.807, 2.05) is 0 Å². The number of nitrogens with zero attached hydrogens (tertiary/aromatic N) is 1. The first kappa shape index (κ1) is 18.0. The van der Waals surface area contributed by atoms with E-state index in [4.69, 9.17) is 17.4 Å². The van der Waals surface area contributed by atoms with Gasteiger partial charge in [0, 0.05) is 24.2 Å². The van der Waals surface area contributed by atoms with Crippen molar-refractivity contribution >= 4 is 34.6 Å². The number of aryl methyl sites for hydroxylation is 1. The fraction of sp³-hybridized carbons (Fsp3) is 0.286. The molecule has 1 aromatic heterocycles. The zero-order valence-corrected chi connectivity index (χ0v) is 16.9. The summed E-state index contributed by atoms with van der Waals surface area (Å²) in [6.07, 6.45) is 0.290. The quantitative estimate of drug-likeness (QED) is 0.597. The molecule has 0 bridgehead atoms. The molecule has 7 nitrogen and oxygen atoms in total. The van der Waals surface area contributed by atoms with Crippen LogP contribution in [0.15, 0.2) is 38.3 Å². The summed E-state index contributed by atoms with van der Waals surface area (Å²) in [6, 6.07) is 5.21. The van der Waals surface area contributed by atoms with Crippen molar-refractivity contribution in [2.45, 2.75) is 32.8 Å². The smallest absolute Gasteiger partial charge is 0.256 e. The highest BCUT2D eigenvalue weighted by Crippen LogP contribution is 2.36. The molecular weight excluding hydrogens is 394 g/mol. The molecule has 0 fully saturated rings. The SMILES string of the molecule is [2H][C@](CC)(Nc1c(Nc2ccc(Cl)c3c2C(=O)N(C)C3)c(=O)c1=O)c1ccc(C)o1. The lowest BCUT2D eigenvalue weighted by atomic mass is 10.1. The van der Waals surface area contributed by atoms with Gasteiger partial charge in [0.25, 0.3) is 16.8 Å². The van der Waals surface area contributed by atoms with Crippen molar-refractivity contribution in [2.24, 2.45) is 0 Å². The number of benzene rings is 1. The number of furan rings is 1. The predicted molar refractivity (Wildman–Crippen MR) is 112 cm³/mol. The molecule has 3 aromatic rings. The third-order valence-electron chi connectivity index (χ3n) is 5.05. The van der Waals surface area contributed by atoms with Gasteiger partial charge in [-0.05, 0) is 37.6 Å². The van der Waals surface area contributed by atoms with Crippen LogP contribution in [0, 0.1) is 6.92 Å². The highest BCUT2D eigenvalue weighted by atomic mass is 35.5. The highest BCUT2D eigenvalue weighted by Gasteiger charge is 2.31. The van der Waals surface area contributed by atoms with Gasteiger partial charge in [0.05, 0.1) is 18.6 Å². The van der Waals surface area contributed by atoms with E-state index < -0.39 is 16.9 Å². The average Bonchev–Trinajstić information content (AvgIpc) is 3.30. The van der Waals surface area contributed by atoms with Crippen LogP contribution >= 0.6 is 11.6 Å². The maximum absolute atomic E-state index is 12.5. The van der Waals surface area contributed by atoms with E-state index in [1.54, 1.807) is 45.2 Å². The molecule has 1 amide bonds. The van der Waals surface area contributed by atoms with Gasteiger partial charge in [0.2, 0.25) is 0 Å². The van der Waals surface area contributed by atoms with Crippen LogP contribution < -0.4 is 21.5 Å². The molecule has 150 valence electrons. The Labute approximate surface area is 173 Å². The molecule has 1 aliphatic heterocycles. The monoisotopic (exact) mass is 414 g/mol. The Morgan fingerprint density at radius 3 is 2.59 bits per heavy atom. The molecule has 0 saturated heterocycles. The Bertz CT molecular complexity index is 1240. The number of rotatable bonds is 6. The third kappa shape index (κ3) is 3.11. The predicted octanol–water partition coefficient (Wildman–Crippen LogP) is 3.73. The number of anilines is 3. The first-order valence-corrected chi connectivity index (χ1v) is 9.56. The molecule has 0 saturated carbocycles. The molecule has 29 heavy (non-hydrogen) atoms. The van der Waals surface area contributed by atoms with Crippen LogP contribution in [0.1, 0.15) is 48.2 Å². The lowest BCUT2D eigenvalue weighted by Gasteiger charge is -2.21. The van der Waals surface area contributed by atoms with E-state index in [-0.39, 0.29) is 23.7 Å². The molecule has 0 unspecified atom stereocenters. The molecule has 8 heteroatoms. The maximum Gasteiger partial charge on any atom is 0.256 e. The molecular formula is C21H20ClN3O4. The number of nitrogens with one attached hydrogen (secondary N) is 2. The minimum atomic E-state index is -1.43. The summed E-state index contributed by atoms with van der Waals surface area (Å²) in [4.78, 5) is 38.6. The van der Waals surface area contributed by atoms with Gasteiger partial charge in [0.1, 0.15) is 22.9 Å². The molecule has 2 N–H and O–H groups in total. The summed E-state index contributed by atoms with van der Waals surface area (Å²) < 4.78 is 14.3. The van der Waals surface area contributed by atoms with E-state index in [2.05, 4.69) is 10.6 Å². The lowest BCUT2D eigenvalue weighted by molar-refractivity contribution is 0.0817. The van der Waals surface area contributed by atoms with Gasteiger partial charge in [-0.1, -0.05) is 18.5 Å². The second-order valence-electron chi connectivity index (χ2n) is 7.01. The molecule has 1 atom stereocenters. The van der Waals surface area contributed by atoms with Crippen molar-refractivity contribution in [3.63, 3.8) is 0 Å². The molecule has 2 aromatic carbocycles. The van der Waals surface area contributed by atoms with Crippen molar-refractivity contribution in [3.8, 4) is 0 Å². The summed E-state index contributed by atoms with van der Waals surface area (Å²) in [5.41, 5.74) is -0.00226. The van der Waals surface area contributed by atoms with E-state index in [1.165, 1.54) is 4.90 Å². The van der Waals surface area contributed by atoms with Gasteiger partial charge in [-0.25, -0.2) is 0 Å². The van der Waals surface area contributed by atoms with E-state index in [0.29, 0.717) is 39.9 Å². The zero-order valence-electron chi connectivity index (χ0n) is 17.2. The second-order valence-corrected chi connectivity index (χ2v) is 7.42. The van der Waals surface area contributed by atoms with E-state index in [9.17, 15) is 14.4 Å². The highest BCUT2D eigenvalue weighted by molar-refractivity contribution is 6.32. The average molecular weight is 415 g/mol. The first-order chi connectivity index (χ1) is 14.2. The van der Waals surface area contributed by atoms with Gasteiger partial charge in [-0.15, -0.1) is 0 Å². The fourth-order valence-electron chi connectivity index (χ4n) is 3.46. The normalized spacial score (nSPS) is 15.9. The number of hydrogen-bond acceptors (Lipinski definition) is 6. The first-order valence-electron chi connectivity index (χ1n) is 9.68. The maximum atomic E-state index is 12.5. The summed E-state index contributed by atoms with van der Waals surface area (Å²) in [5, 5.41) is 6.23. The van der Waals surface area contributed by atoms with Crippen LogP contribution in [-0.4, -0.2) is 17.9 Å². The number of carbonyl (C=O) groups is 1. The molecule has 2 heterocycles. The molecule has 0 spiro atoms. The van der Waals surface area contributed by atoms with Crippen molar-refractivity contribution < 1.29 is 10.6 Å². The zero-order chi connectivity index (χ0) is 21.8. The van der Waals surface area contributed by atoms with Crippen molar-refractivity contribution in [3.05, 3.63) is 72.4 Å². The topological polar surface area (TPSA) is 91.6 Å². The molecule has 0 radical (unpaired) electrons. The van der Waals surface area contributed by atoms with Crippen molar-refractivity contribution in [2.75, 3.05) is 17.7 Å². The summed E-state index contributed by atoms with van der Waals surface area (Å²) in [6.45, 7) is 3.90.